The van der Waals surface area contributed by atoms with Gasteiger partial charge in [-0.15, -0.1) is 0 Å². The van der Waals surface area contributed by atoms with Crippen molar-refractivity contribution in [3.63, 3.8) is 0 Å². The largest absolute Gasteiger partial charge is 0.374 e. The number of aliphatic hydroxyl groups is 1. The van der Waals surface area contributed by atoms with E-state index in [1.165, 1.54) is 0 Å². The molecule has 14 heavy (non-hydrogen) atoms. The second kappa shape index (κ2) is 3.28. The average Bonchev–Trinajstić information content (AvgIpc) is 2.56. The summed E-state index contributed by atoms with van der Waals surface area (Å²) < 4.78 is 0. The van der Waals surface area contributed by atoms with Crippen LogP contribution in [0.3, 0.4) is 0 Å². The third-order valence-electron chi connectivity index (χ3n) is 2.13. The molecule has 2 rings (SSSR count). The molecule has 5 nitrogen and oxygen atoms in total. The third kappa shape index (κ3) is 1.32. The van der Waals surface area contributed by atoms with Gasteiger partial charge in [0, 0.05) is 5.56 Å². The van der Waals surface area contributed by atoms with Crippen molar-refractivity contribution in [3.05, 3.63) is 23.8 Å². The number of H-pyrrole nitrogens is 1. The number of nitrogens with one attached hydrogen (secondary N) is 2. The molecule has 0 amide bonds. The van der Waals surface area contributed by atoms with E-state index in [1.54, 1.807) is 7.05 Å². The summed E-state index contributed by atoms with van der Waals surface area (Å²) in [7, 11) is 1.68. The number of para-hydroxylation sites is 1. The maximum atomic E-state index is 9.63. The predicted molar refractivity (Wildman–Crippen MR) is 54.5 cm³/mol. The first kappa shape index (κ1) is 8.98. The second-order valence-corrected chi connectivity index (χ2v) is 3.06. The van der Waals surface area contributed by atoms with Gasteiger partial charge in [0.15, 0.2) is 5.95 Å². The molecule has 1 aromatic heterocycles. The number of aromatic amines is 1. The average molecular weight is 192 g/mol. The molecule has 1 heterocycles. The number of rotatable bonds is 2. The van der Waals surface area contributed by atoms with E-state index in [9.17, 15) is 5.11 Å². The highest BCUT2D eigenvalue weighted by molar-refractivity contribution is 5.80. The van der Waals surface area contributed by atoms with Gasteiger partial charge in [-0.1, -0.05) is 12.1 Å². The van der Waals surface area contributed by atoms with Gasteiger partial charge in [0.2, 0.25) is 0 Å². The molecule has 1 aromatic carbocycles. The zero-order valence-corrected chi connectivity index (χ0v) is 7.78. The lowest BCUT2D eigenvalue weighted by Crippen LogP contribution is -2.15. The lowest BCUT2D eigenvalue weighted by atomic mass is 10.1. The number of aromatic nitrogens is 2. The molecular formula is C9H12N4O. The monoisotopic (exact) mass is 192 g/mol. The van der Waals surface area contributed by atoms with Gasteiger partial charge < -0.3 is 15.8 Å². The Hall–Kier alpha value is -1.59. The molecule has 1 unspecified atom stereocenters. The van der Waals surface area contributed by atoms with E-state index in [0.717, 1.165) is 11.1 Å². The van der Waals surface area contributed by atoms with Gasteiger partial charge in [-0.05, 0) is 13.1 Å². The highest BCUT2D eigenvalue weighted by Crippen LogP contribution is 2.21. The van der Waals surface area contributed by atoms with Gasteiger partial charge in [-0.2, -0.15) is 0 Å². The number of nitrogens with two attached hydrogens (primary N) is 1. The Bertz CT molecular complexity index is 451. The molecule has 2 aromatic rings. The molecule has 0 fully saturated rings. The van der Waals surface area contributed by atoms with E-state index in [2.05, 4.69) is 15.3 Å². The normalized spacial score (nSPS) is 13.3. The zero-order chi connectivity index (χ0) is 10.1. The number of nitrogen functional groups attached to an aromatic ring is 1. The SMILES string of the molecule is CNC(O)c1cccc2[nH]c(N)nc12. The minimum absolute atomic E-state index is 0.357. The van der Waals surface area contributed by atoms with Crippen LogP contribution in [0.25, 0.3) is 11.0 Å². The van der Waals surface area contributed by atoms with E-state index < -0.39 is 6.23 Å². The number of nitrogens with zero attached hydrogens (tertiary/aromatic N) is 1. The lowest BCUT2D eigenvalue weighted by molar-refractivity contribution is 0.150. The molecule has 0 saturated carbocycles. The summed E-state index contributed by atoms with van der Waals surface area (Å²) >= 11 is 0. The number of imidazole rings is 1. The molecule has 0 aliphatic rings. The number of anilines is 1. The third-order valence-corrected chi connectivity index (χ3v) is 2.13. The Kier molecular flexibility index (Phi) is 2.11. The Balaban J connectivity index is 2.64. The Morgan fingerprint density at radius 3 is 3.07 bits per heavy atom. The minimum Gasteiger partial charge on any atom is -0.374 e. The van der Waals surface area contributed by atoms with E-state index in [-0.39, 0.29) is 0 Å². The summed E-state index contributed by atoms with van der Waals surface area (Å²) in [6, 6.07) is 5.52. The van der Waals surface area contributed by atoms with Crippen molar-refractivity contribution in [1.82, 2.24) is 15.3 Å². The van der Waals surface area contributed by atoms with Gasteiger partial charge in [0.25, 0.3) is 0 Å². The van der Waals surface area contributed by atoms with Crippen LogP contribution >= 0.6 is 0 Å². The summed E-state index contributed by atoms with van der Waals surface area (Å²) in [4.78, 5) is 7.01. The van der Waals surface area contributed by atoms with Crippen LogP contribution in [0.5, 0.6) is 0 Å². The Morgan fingerprint density at radius 2 is 2.36 bits per heavy atom. The van der Waals surface area contributed by atoms with Crippen LogP contribution in [0, 0.1) is 0 Å². The first-order valence-corrected chi connectivity index (χ1v) is 4.32. The van der Waals surface area contributed by atoms with Crippen LogP contribution < -0.4 is 11.1 Å². The fourth-order valence-electron chi connectivity index (χ4n) is 1.45. The van der Waals surface area contributed by atoms with Crippen molar-refractivity contribution in [3.8, 4) is 0 Å². The van der Waals surface area contributed by atoms with Crippen molar-refractivity contribution >= 4 is 17.0 Å². The number of hydrogen-bond acceptors (Lipinski definition) is 4. The quantitative estimate of drug-likeness (QED) is 0.517. The molecule has 0 aliphatic heterocycles. The summed E-state index contributed by atoms with van der Waals surface area (Å²) in [5.74, 6) is 0.357. The maximum Gasteiger partial charge on any atom is 0.198 e. The molecule has 74 valence electrons. The van der Waals surface area contributed by atoms with Crippen LogP contribution in [0.4, 0.5) is 5.95 Å². The topological polar surface area (TPSA) is 87.0 Å². The lowest BCUT2D eigenvalue weighted by Gasteiger charge is -2.09. The van der Waals surface area contributed by atoms with Crippen molar-refractivity contribution in [1.29, 1.82) is 0 Å². The fourth-order valence-corrected chi connectivity index (χ4v) is 1.45. The summed E-state index contributed by atoms with van der Waals surface area (Å²) in [5, 5.41) is 12.4. The number of aliphatic hydroxyl groups excluding tert-OH is 1. The molecule has 5 heteroatoms. The fraction of sp³-hybridized carbons (Fsp3) is 0.222. The van der Waals surface area contributed by atoms with E-state index in [0.29, 0.717) is 11.5 Å². The van der Waals surface area contributed by atoms with Gasteiger partial charge in [-0.25, -0.2) is 4.98 Å². The Morgan fingerprint density at radius 1 is 1.57 bits per heavy atom. The summed E-state index contributed by atoms with van der Waals surface area (Å²) in [5.41, 5.74) is 7.78. The van der Waals surface area contributed by atoms with Crippen LogP contribution in [0.2, 0.25) is 0 Å². The summed E-state index contributed by atoms with van der Waals surface area (Å²) in [6.07, 6.45) is -0.721. The highest BCUT2D eigenvalue weighted by atomic mass is 16.3. The smallest absolute Gasteiger partial charge is 0.198 e. The van der Waals surface area contributed by atoms with E-state index in [1.807, 2.05) is 18.2 Å². The van der Waals surface area contributed by atoms with Crippen LogP contribution in [0.1, 0.15) is 11.8 Å². The molecular weight excluding hydrogens is 180 g/mol. The van der Waals surface area contributed by atoms with Crippen molar-refractivity contribution < 1.29 is 5.11 Å². The number of hydrogen-bond donors (Lipinski definition) is 4. The van der Waals surface area contributed by atoms with Crippen LogP contribution in [0.15, 0.2) is 18.2 Å². The van der Waals surface area contributed by atoms with Gasteiger partial charge >= 0.3 is 0 Å². The van der Waals surface area contributed by atoms with E-state index in [4.69, 9.17) is 5.73 Å². The second-order valence-electron chi connectivity index (χ2n) is 3.06. The Labute approximate surface area is 81.0 Å². The molecule has 0 spiro atoms. The first-order valence-electron chi connectivity index (χ1n) is 4.32. The standard InChI is InChI=1S/C9H12N4O/c1-11-8(14)5-3-2-4-6-7(5)13-9(10)12-6/h2-4,8,11,14H,1H3,(H3,10,12,13). The maximum absolute atomic E-state index is 9.63. The predicted octanol–water partition coefficient (Wildman–Crippen LogP) is 0.355. The van der Waals surface area contributed by atoms with Crippen molar-refractivity contribution in [2.24, 2.45) is 0 Å². The van der Waals surface area contributed by atoms with Crippen molar-refractivity contribution in [2.75, 3.05) is 12.8 Å². The molecule has 5 N–H and O–H groups in total. The molecule has 0 saturated heterocycles. The molecule has 0 radical (unpaired) electrons. The van der Waals surface area contributed by atoms with Crippen LogP contribution in [-0.2, 0) is 0 Å². The summed E-state index contributed by atoms with van der Waals surface area (Å²) in [6.45, 7) is 0. The van der Waals surface area contributed by atoms with Gasteiger partial charge in [-0.3, -0.25) is 5.32 Å². The molecule has 0 aliphatic carbocycles. The highest BCUT2D eigenvalue weighted by Gasteiger charge is 2.11. The zero-order valence-electron chi connectivity index (χ0n) is 7.78. The minimum atomic E-state index is -0.721. The number of benzene rings is 1. The van der Waals surface area contributed by atoms with E-state index >= 15 is 0 Å². The molecule has 1 atom stereocenters. The van der Waals surface area contributed by atoms with Gasteiger partial charge in [0.05, 0.1) is 11.0 Å². The number of fused-ring (bicyclic) bond motifs is 1. The van der Waals surface area contributed by atoms with Crippen molar-refractivity contribution in [2.45, 2.75) is 6.23 Å². The van der Waals surface area contributed by atoms with Crippen LogP contribution in [-0.4, -0.2) is 22.1 Å². The first-order chi connectivity index (χ1) is 6.72. The van der Waals surface area contributed by atoms with Gasteiger partial charge in [0.1, 0.15) is 6.23 Å². The molecule has 0 bridgehead atoms.